The number of piperidine rings is 1. The summed E-state index contributed by atoms with van der Waals surface area (Å²) in [6, 6.07) is 12.5. The number of carbonyl (C=O) groups excluding carboxylic acids is 5. The van der Waals surface area contributed by atoms with E-state index in [0.29, 0.717) is 172 Å². The van der Waals surface area contributed by atoms with Gasteiger partial charge in [0.15, 0.2) is 17.5 Å². The van der Waals surface area contributed by atoms with Crippen molar-refractivity contribution >= 4 is 46.0 Å². The lowest BCUT2D eigenvalue weighted by atomic mass is 9.93. The molecule has 34 heteroatoms. The van der Waals surface area contributed by atoms with Crippen LogP contribution in [0.2, 0.25) is 0 Å². The molecule has 0 aliphatic carbocycles. The normalized spacial score (nSPS) is 13.6. The van der Waals surface area contributed by atoms with E-state index in [1.54, 1.807) is 15.8 Å². The van der Waals surface area contributed by atoms with Crippen LogP contribution in [0.3, 0.4) is 0 Å². The first-order valence-corrected chi connectivity index (χ1v) is 32.8. The van der Waals surface area contributed by atoms with Crippen LogP contribution in [0.25, 0.3) is 22.3 Å². The number of H-pyrrole nitrogens is 1. The third-order valence-corrected chi connectivity index (χ3v) is 16.0. The molecular formula is C66H85F3N14O17. The van der Waals surface area contributed by atoms with Gasteiger partial charge in [-0.1, -0.05) is 35.5 Å². The number of hydrogen-bond acceptors (Lipinski definition) is 25. The zero-order chi connectivity index (χ0) is 70.9. The summed E-state index contributed by atoms with van der Waals surface area (Å²) in [5.74, 6) is -7.43. The van der Waals surface area contributed by atoms with Crippen LogP contribution >= 0.6 is 0 Å². The molecule has 0 saturated carbocycles. The van der Waals surface area contributed by atoms with Crippen LogP contribution in [-0.2, 0) is 65.4 Å². The number of likely N-dealkylation sites (tertiary alicyclic amines) is 1. The number of nitriles is 1. The van der Waals surface area contributed by atoms with E-state index >= 15 is 0 Å². The Kier molecular flexibility index (Phi) is 31.7. The van der Waals surface area contributed by atoms with Crippen molar-refractivity contribution in [2.45, 2.75) is 50.8 Å². The van der Waals surface area contributed by atoms with E-state index < -0.39 is 52.3 Å². The number of halogens is 3. The average Bonchev–Trinajstić information content (AvgIpc) is 1.59. The summed E-state index contributed by atoms with van der Waals surface area (Å²) in [6.07, 6.45) is 7.14. The van der Waals surface area contributed by atoms with E-state index in [2.05, 4.69) is 56.7 Å². The smallest absolute Gasteiger partial charge is 0.313 e. The molecule has 0 unspecified atom stereocenters. The third kappa shape index (κ3) is 23.5. The molecule has 2 aromatic carbocycles. The summed E-state index contributed by atoms with van der Waals surface area (Å²) in [4.78, 5) is 82.5. The summed E-state index contributed by atoms with van der Waals surface area (Å²) in [6.45, 7) is 7.83. The number of benzene rings is 2. The highest BCUT2D eigenvalue weighted by Crippen LogP contribution is 2.33. The fourth-order valence-corrected chi connectivity index (χ4v) is 10.7. The lowest BCUT2D eigenvalue weighted by Crippen LogP contribution is -2.61. The highest BCUT2D eigenvalue weighted by Gasteiger charge is 2.34. The number of piperazine rings is 1. The summed E-state index contributed by atoms with van der Waals surface area (Å²) < 4.78 is 97.5. The van der Waals surface area contributed by atoms with Gasteiger partial charge in [-0.3, -0.25) is 28.9 Å². The van der Waals surface area contributed by atoms with Gasteiger partial charge in [0.05, 0.1) is 191 Å². The fraction of sp³-hybridized carbons (Fsp3) is 0.530. The van der Waals surface area contributed by atoms with E-state index in [0.717, 1.165) is 11.1 Å². The number of aliphatic hydroxyl groups excluding tert-OH is 2. The molecule has 2 saturated heterocycles. The average molecular weight is 1400 g/mol. The molecule has 6 heterocycles. The summed E-state index contributed by atoms with van der Waals surface area (Å²) in [5, 5.41) is 49.7. The first-order valence-electron chi connectivity index (χ1n) is 32.8. The number of rotatable bonds is 45. The molecule has 0 atom stereocenters. The Morgan fingerprint density at radius 3 is 1.96 bits per heavy atom. The number of ether oxygens (including phenoxy) is 10. The monoisotopic (exact) mass is 1400 g/mol. The Bertz CT molecular complexity index is 3620. The largest absolute Gasteiger partial charge is 0.494 e. The summed E-state index contributed by atoms with van der Waals surface area (Å²) in [5.41, 5.74) is 2.31. The van der Waals surface area contributed by atoms with Crippen molar-refractivity contribution in [2.75, 3.05) is 178 Å². The van der Waals surface area contributed by atoms with Gasteiger partial charge in [0.1, 0.15) is 23.6 Å². The molecule has 2 fully saturated rings. The zero-order valence-electron chi connectivity index (χ0n) is 55.8. The zero-order valence-corrected chi connectivity index (χ0v) is 55.8. The number of nitrogens with zero attached hydrogens (tertiary/aromatic N) is 11. The standard InChI is InChI=1S/C66H85F3N14O17/c1-91-55-40-73-63(59-58(55)52(39-72-59)60(88)65(90)81-14-8-48(9-15-81)51(38-70)47-6-3-2-4-7-47)83-46-74-62(77-83)64(89)71-12-5-13-75-66(44-84,45-85)43-79-16-18-80(19-17-79)56(86)10-21-92-24-27-95-32-33-98-34-35-99-42-50-41-82(78-76-50)20-23-94-26-29-97-31-30-96-28-25-93-22-11-57(87)100-61-53(68)36-49(67)37-54(61)69/h2-4,6-7,36-37,39-41,46,72,75,84-85H,5,8-35,42-45H2,1H3,(H,71,89). The molecule has 100 heavy (non-hydrogen) atoms. The van der Waals surface area contributed by atoms with Crippen molar-refractivity contribution in [3.8, 4) is 23.4 Å². The molecular weight excluding hydrogens is 1320 g/mol. The highest BCUT2D eigenvalue weighted by molar-refractivity contribution is 6.45. The van der Waals surface area contributed by atoms with Gasteiger partial charge in [-0.05, 0) is 36.9 Å². The molecule has 8 rings (SSSR count). The number of aromatic amines is 1. The van der Waals surface area contributed by atoms with Crippen molar-refractivity contribution in [3.05, 3.63) is 113 Å². The number of ketones is 1. The molecule has 6 aromatic rings. The molecule has 0 radical (unpaired) electrons. The quantitative estimate of drug-likeness (QED) is 0.00914. The molecule has 2 aliphatic rings. The van der Waals surface area contributed by atoms with Crippen molar-refractivity contribution in [1.82, 2.24) is 65.1 Å². The maximum atomic E-state index is 13.8. The van der Waals surface area contributed by atoms with Crippen LogP contribution in [0.1, 0.15) is 64.3 Å². The predicted molar refractivity (Wildman–Crippen MR) is 348 cm³/mol. The minimum absolute atomic E-state index is 0.0363. The number of esters is 1. The Balaban J connectivity index is 0.596. The number of Topliss-reactive ketones (excluding diaryl/α,β-unsaturated/α-hetero) is 1. The molecule has 0 spiro atoms. The maximum Gasteiger partial charge on any atom is 0.313 e. The minimum atomic E-state index is -1.32. The first kappa shape index (κ1) is 77.0. The van der Waals surface area contributed by atoms with Gasteiger partial charge in [0, 0.05) is 70.7 Å². The Hall–Kier alpha value is -8.70. The predicted octanol–water partition coefficient (Wildman–Crippen LogP) is 2.24. The van der Waals surface area contributed by atoms with Gasteiger partial charge < -0.3 is 83.0 Å². The van der Waals surface area contributed by atoms with Crippen molar-refractivity contribution < 1.29 is 94.7 Å². The SMILES string of the molecule is COc1cnc(-n2cnc(C(=O)NCCCNC(CO)(CO)CN3CCN(C(=O)CCOCCOCCOCCOCc4cn(CCOCCOCCOCCOCCC(=O)Oc5c(F)cc(F)cc5F)nn4)CC3)n2)c2[nH]cc(C(=O)C(=O)N3CCC(=C(C#N)c4ccccc4)CC3)c12. The van der Waals surface area contributed by atoms with E-state index in [9.17, 15) is 52.6 Å². The van der Waals surface area contributed by atoms with Crippen LogP contribution in [0.5, 0.6) is 11.5 Å². The van der Waals surface area contributed by atoms with Gasteiger partial charge in [0.2, 0.25) is 17.5 Å². The second kappa shape index (κ2) is 41.1. The highest BCUT2D eigenvalue weighted by atomic mass is 19.1. The number of amides is 3. The van der Waals surface area contributed by atoms with Gasteiger partial charge in [-0.15, -0.1) is 10.2 Å². The molecule has 3 amide bonds. The Morgan fingerprint density at radius 1 is 0.730 bits per heavy atom. The molecule has 31 nitrogen and oxygen atoms in total. The molecule has 2 aliphatic heterocycles. The van der Waals surface area contributed by atoms with Crippen LogP contribution in [0.15, 0.2) is 73.0 Å². The van der Waals surface area contributed by atoms with Crippen molar-refractivity contribution in [2.24, 2.45) is 0 Å². The lowest BCUT2D eigenvalue weighted by molar-refractivity contribution is -0.136. The van der Waals surface area contributed by atoms with Crippen molar-refractivity contribution in [1.29, 1.82) is 5.26 Å². The topological polar surface area (TPSA) is 366 Å². The Labute approximate surface area is 574 Å². The number of nitrogens with one attached hydrogen (secondary N) is 3. The van der Waals surface area contributed by atoms with E-state index in [-0.39, 0.29) is 108 Å². The summed E-state index contributed by atoms with van der Waals surface area (Å²) in [7, 11) is 1.42. The van der Waals surface area contributed by atoms with Gasteiger partial charge >= 0.3 is 5.97 Å². The Morgan fingerprint density at radius 2 is 1.34 bits per heavy atom. The number of aliphatic hydroxyl groups is 2. The molecule has 0 bridgehead atoms. The van der Waals surface area contributed by atoms with E-state index in [4.69, 9.17) is 42.6 Å². The number of fused-ring (bicyclic) bond motifs is 1. The van der Waals surface area contributed by atoms with Gasteiger partial charge in [-0.2, -0.15) is 9.94 Å². The maximum absolute atomic E-state index is 13.8. The molecule has 542 valence electrons. The minimum Gasteiger partial charge on any atom is -0.494 e. The fourth-order valence-electron chi connectivity index (χ4n) is 10.7. The first-order chi connectivity index (χ1) is 48.7. The van der Waals surface area contributed by atoms with Crippen molar-refractivity contribution in [3.63, 3.8) is 0 Å². The number of aromatic nitrogens is 8. The lowest BCUT2D eigenvalue weighted by Gasteiger charge is -2.41. The van der Waals surface area contributed by atoms with E-state index in [1.807, 2.05) is 30.3 Å². The number of methoxy groups -OCH3 is 1. The number of carbonyl (C=O) groups is 5. The van der Waals surface area contributed by atoms with Gasteiger partial charge in [0.25, 0.3) is 17.6 Å². The van der Waals surface area contributed by atoms with E-state index in [1.165, 1.54) is 35.4 Å². The van der Waals surface area contributed by atoms with Crippen LogP contribution in [0.4, 0.5) is 13.2 Å². The third-order valence-electron chi connectivity index (χ3n) is 16.0. The van der Waals surface area contributed by atoms with Crippen LogP contribution < -0.4 is 20.1 Å². The number of pyridine rings is 1. The number of hydrogen-bond donors (Lipinski definition) is 5. The molecule has 4 aromatic heterocycles. The number of allylic oxidation sites excluding steroid dienone is 1. The van der Waals surface area contributed by atoms with Gasteiger partial charge in [-0.25, -0.2) is 27.8 Å². The summed E-state index contributed by atoms with van der Waals surface area (Å²) >= 11 is 0. The van der Waals surface area contributed by atoms with Crippen LogP contribution in [-0.4, -0.2) is 278 Å². The second-order valence-electron chi connectivity index (χ2n) is 23.0. The molecule has 5 N–H and O–H groups in total. The second-order valence-corrected chi connectivity index (χ2v) is 23.0. The van der Waals surface area contributed by atoms with Crippen LogP contribution in [0, 0.1) is 28.8 Å².